The number of carbonyl (C=O) groups is 1. The summed E-state index contributed by atoms with van der Waals surface area (Å²) in [6.45, 7) is 4.55. The van der Waals surface area contributed by atoms with Crippen LogP contribution in [-0.4, -0.2) is 48.3 Å². The second-order valence-electron chi connectivity index (χ2n) is 10.7. The molecule has 0 spiro atoms. The molecule has 1 saturated carbocycles. The topological polar surface area (TPSA) is 105 Å². The Labute approximate surface area is 226 Å². The Hall–Kier alpha value is -2.58. The van der Waals surface area contributed by atoms with Gasteiger partial charge in [-0.2, -0.15) is 23.5 Å². The van der Waals surface area contributed by atoms with E-state index in [9.17, 15) is 31.6 Å². The lowest BCUT2D eigenvalue weighted by atomic mass is 9.75. The summed E-state index contributed by atoms with van der Waals surface area (Å²) in [5.74, 6) is -0.563. The highest BCUT2D eigenvalue weighted by Crippen LogP contribution is 2.41. The number of benzene rings is 1. The van der Waals surface area contributed by atoms with E-state index in [2.05, 4.69) is 16.5 Å². The zero-order chi connectivity index (χ0) is 28.5. The average molecular weight is 573 g/mol. The molecule has 0 atom stereocenters. The van der Waals surface area contributed by atoms with Crippen molar-refractivity contribution in [2.45, 2.75) is 70.8 Å². The molecule has 208 valence electrons. The van der Waals surface area contributed by atoms with Crippen molar-refractivity contribution >= 4 is 27.3 Å². The van der Waals surface area contributed by atoms with Crippen LogP contribution in [0.5, 0.6) is 0 Å². The number of hydrogen-bond donors (Lipinski definition) is 1. The molecule has 0 saturated heterocycles. The molecular weight excluding hydrogens is 541 g/mol. The van der Waals surface area contributed by atoms with E-state index >= 15 is 0 Å². The van der Waals surface area contributed by atoms with Crippen LogP contribution in [0.25, 0.3) is 11.3 Å². The summed E-state index contributed by atoms with van der Waals surface area (Å²) in [5, 5.41) is 16.5. The maximum absolute atomic E-state index is 13.3. The number of rotatable bonds is 8. The number of sulfone groups is 1. The van der Waals surface area contributed by atoms with Gasteiger partial charge in [0.2, 0.25) is 0 Å². The SMILES string of the molecule is CCn1nc(C(=O)NC[C@]2(C#N)CC[C@H](S(C)(=O)=O)CC2)c(Cl)c1-c1ccc(CC(C)(C)C(F)(F)F)cc1. The minimum absolute atomic E-state index is 0.0243. The average Bonchev–Trinajstić information content (AvgIpc) is 3.18. The number of carbonyl (C=O) groups excluding carboxylic acids is 1. The fourth-order valence-electron chi connectivity index (χ4n) is 4.71. The number of amides is 1. The molecule has 1 amide bonds. The first-order chi connectivity index (χ1) is 17.5. The van der Waals surface area contributed by atoms with E-state index in [-0.39, 0.29) is 23.7 Å². The molecule has 12 heteroatoms. The van der Waals surface area contributed by atoms with Gasteiger partial charge in [0.05, 0.1) is 32.9 Å². The van der Waals surface area contributed by atoms with Gasteiger partial charge < -0.3 is 5.32 Å². The van der Waals surface area contributed by atoms with Gasteiger partial charge in [0.1, 0.15) is 9.84 Å². The van der Waals surface area contributed by atoms with Crippen LogP contribution in [0.4, 0.5) is 13.2 Å². The minimum Gasteiger partial charge on any atom is -0.349 e. The molecule has 38 heavy (non-hydrogen) atoms. The first-order valence-corrected chi connectivity index (χ1v) is 14.7. The predicted octanol–water partition coefficient (Wildman–Crippen LogP) is 5.58. The maximum atomic E-state index is 13.3. The Balaban J connectivity index is 1.77. The summed E-state index contributed by atoms with van der Waals surface area (Å²) < 4.78 is 65.1. The Morgan fingerprint density at radius 2 is 1.82 bits per heavy atom. The molecule has 0 unspecified atom stereocenters. The molecule has 1 N–H and O–H groups in total. The van der Waals surface area contributed by atoms with E-state index < -0.39 is 38.0 Å². The fraction of sp³-hybridized carbons (Fsp3) is 0.577. The van der Waals surface area contributed by atoms with Gasteiger partial charge >= 0.3 is 6.18 Å². The molecule has 1 aliphatic carbocycles. The summed E-state index contributed by atoms with van der Waals surface area (Å²) in [5.41, 5.74) is -1.20. The van der Waals surface area contributed by atoms with Crippen molar-refractivity contribution in [2.75, 3.05) is 12.8 Å². The summed E-state index contributed by atoms with van der Waals surface area (Å²) in [7, 11) is -3.19. The van der Waals surface area contributed by atoms with E-state index in [0.717, 1.165) is 13.8 Å². The third-order valence-corrected chi connectivity index (χ3v) is 9.41. The molecule has 2 aromatic rings. The Morgan fingerprint density at radius 1 is 1.24 bits per heavy atom. The first kappa shape index (κ1) is 30.0. The van der Waals surface area contributed by atoms with Crippen molar-refractivity contribution in [3.05, 3.63) is 40.5 Å². The molecule has 1 aromatic carbocycles. The van der Waals surface area contributed by atoms with Crippen LogP contribution in [0, 0.1) is 22.2 Å². The maximum Gasteiger partial charge on any atom is 0.394 e. The van der Waals surface area contributed by atoms with Gasteiger partial charge in [-0.1, -0.05) is 49.7 Å². The molecule has 0 aliphatic heterocycles. The lowest BCUT2D eigenvalue weighted by Gasteiger charge is -2.34. The smallest absolute Gasteiger partial charge is 0.349 e. The Bertz CT molecular complexity index is 1320. The number of aromatic nitrogens is 2. The number of halogens is 4. The molecule has 0 bridgehead atoms. The van der Waals surface area contributed by atoms with Crippen molar-refractivity contribution in [1.82, 2.24) is 15.1 Å². The van der Waals surface area contributed by atoms with E-state index in [1.165, 1.54) is 6.26 Å². The number of nitriles is 1. The molecule has 1 heterocycles. The highest BCUT2D eigenvalue weighted by atomic mass is 35.5. The highest BCUT2D eigenvalue weighted by molar-refractivity contribution is 7.91. The van der Waals surface area contributed by atoms with E-state index in [1.807, 2.05) is 6.92 Å². The quantitative estimate of drug-likeness (QED) is 0.444. The largest absolute Gasteiger partial charge is 0.394 e. The Kier molecular flexibility index (Phi) is 8.59. The zero-order valence-corrected chi connectivity index (χ0v) is 23.4. The van der Waals surface area contributed by atoms with Gasteiger partial charge in [-0.25, -0.2) is 8.42 Å². The molecule has 3 rings (SSSR count). The monoisotopic (exact) mass is 572 g/mol. The number of alkyl halides is 3. The van der Waals surface area contributed by atoms with Crippen LogP contribution >= 0.6 is 11.6 Å². The van der Waals surface area contributed by atoms with Gasteiger partial charge in [-0.15, -0.1) is 0 Å². The second-order valence-corrected chi connectivity index (χ2v) is 13.4. The highest BCUT2D eigenvalue weighted by Gasteiger charge is 2.47. The number of hydrogen-bond acceptors (Lipinski definition) is 5. The third kappa shape index (κ3) is 6.34. The van der Waals surface area contributed by atoms with Gasteiger partial charge in [-0.3, -0.25) is 9.48 Å². The first-order valence-electron chi connectivity index (χ1n) is 12.3. The number of aryl methyl sites for hydroxylation is 1. The van der Waals surface area contributed by atoms with E-state index in [4.69, 9.17) is 11.6 Å². The van der Waals surface area contributed by atoms with Crippen LogP contribution in [0.2, 0.25) is 5.02 Å². The summed E-state index contributed by atoms with van der Waals surface area (Å²) in [6.07, 6.45) is -1.92. The number of nitrogens with one attached hydrogen (secondary N) is 1. The van der Waals surface area contributed by atoms with Crippen molar-refractivity contribution in [3.8, 4) is 17.3 Å². The number of nitrogens with zero attached hydrogens (tertiary/aromatic N) is 3. The minimum atomic E-state index is -4.34. The molecule has 0 radical (unpaired) electrons. The fourth-order valence-corrected chi connectivity index (χ4v) is 6.14. The molecular formula is C26H32ClF3N4O3S. The standard InChI is InChI=1S/C26H32ClF3N4O3S/c1-5-34-22(18-8-6-17(7-9-18)14-24(2,3)26(28,29)30)20(27)21(33-34)23(35)32-16-25(15-31)12-10-19(11-13-25)38(4,36)37/h6-9,19H,5,10-14,16H2,1-4H3,(H,32,35)/t19-,25+. The molecule has 7 nitrogen and oxygen atoms in total. The van der Waals surface area contributed by atoms with Crippen LogP contribution in [0.1, 0.15) is 62.5 Å². The lowest BCUT2D eigenvalue weighted by molar-refractivity contribution is -0.211. The molecule has 1 fully saturated rings. The molecule has 1 aliphatic rings. The van der Waals surface area contributed by atoms with Crippen molar-refractivity contribution in [3.63, 3.8) is 0 Å². The van der Waals surface area contributed by atoms with Crippen LogP contribution in [-0.2, 0) is 22.8 Å². The van der Waals surface area contributed by atoms with Gasteiger partial charge in [0, 0.05) is 24.9 Å². The zero-order valence-electron chi connectivity index (χ0n) is 21.8. The van der Waals surface area contributed by atoms with Crippen molar-refractivity contribution in [1.29, 1.82) is 5.26 Å². The summed E-state index contributed by atoms with van der Waals surface area (Å²) >= 11 is 6.58. The Morgan fingerprint density at radius 3 is 2.29 bits per heavy atom. The van der Waals surface area contributed by atoms with E-state index in [1.54, 1.807) is 28.9 Å². The van der Waals surface area contributed by atoms with Crippen LogP contribution < -0.4 is 5.32 Å². The van der Waals surface area contributed by atoms with Gasteiger partial charge in [0.25, 0.3) is 5.91 Å². The summed E-state index contributed by atoms with van der Waals surface area (Å²) in [6, 6.07) is 8.78. The van der Waals surface area contributed by atoms with Crippen molar-refractivity contribution < 1.29 is 26.4 Å². The normalized spacial score (nSPS) is 20.7. The van der Waals surface area contributed by atoms with Gasteiger partial charge in [-0.05, 0) is 44.6 Å². The van der Waals surface area contributed by atoms with Crippen molar-refractivity contribution in [2.24, 2.45) is 10.8 Å². The summed E-state index contributed by atoms with van der Waals surface area (Å²) in [4.78, 5) is 13.0. The molecule has 1 aromatic heterocycles. The lowest BCUT2D eigenvalue weighted by Crippen LogP contribution is -2.41. The van der Waals surface area contributed by atoms with Gasteiger partial charge in [0.15, 0.2) is 5.69 Å². The van der Waals surface area contributed by atoms with E-state index in [0.29, 0.717) is 49.0 Å². The van der Waals surface area contributed by atoms with Crippen LogP contribution in [0.15, 0.2) is 24.3 Å². The van der Waals surface area contributed by atoms with Crippen LogP contribution in [0.3, 0.4) is 0 Å². The second kappa shape index (κ2) is 10.9. The predicted molar refractivity (Wildman–Crippen MR) is 139 cm³/mol. The third-order valence-electron chi connectivity index (χ3n) is 7.37.